The molecule has 0 N–H and O–H groups in total. The lowest BCUT2D eigenvalue weighted by atomic mass is 9.94. The van der Waals surface area contributed by atoms with Gasteiger partial charge in [-0.25, -0.2) is 9.97 Å². The second-order valence-corrected chi connectivity index (χ2v) is 10.2. The van der Waals surface area contributed by atoms with Crippen molar-refractivity contribution in [1.82, 2.24) is 15.0 Å². The average Bonchev–Trinajstić information content (AvgIpc) is 3.61. The van der Waals surface area contributed by atoms with Gasteiger partial charge in [0.1, 0.15) is 18.2 Å². The van der Waals surface area contributed by atoms with Gasteiger partial charge < -0.3 is 4.74 Å². The summed E-state index contributed by atoms with van der Waals surface area (Å²) in [5.41, 5.74) is 6.73. The van der Waals surface area contributed by atoms with E-state index in [1.54, 1.807) is 6.33 Å². The van der Waals surface area contributed by atoms with Gasteiger partial charge in [-0.05, 0) is 72.1 Å². The van der Waals surface area contributed by atoms with Gasteiger partial charge >= 0.3 is 0 Å². The molecule has 2 aromatic heterocycles. The van der Waals surface area contributed by atoms with Crippen LogP contribution in [0.15, 0.2) is 79.4 Å². The lowest BCUT2D eigenvalue weighted by molar-refractivity contribution is 0.278. The van der Waals surface area contributed by atoms with Crippen LogP contribution in [0.4, 0.5) is 0 Å². The number of benzene rings is 2. The second kappa shape index (κ2) is 10.2. The Labute approximate surface area is 212 Å². The molecule has 1 aliphatic rings. The number of hydrogen-bond donors (Lipinski definition) is 0. The van der Waals surface area contributed by atoms with Crippen LogP contribution in [0, 0.1) is 5.92 Å². The molecule has 2 heterocycles. The summed E-state index contributed by atoms with van der Waals surface area (Å²) in [7, 11) is 0. The van der Waals surface area contributed by atoms with E-state index in [0.717, 1.165) is 46.1 Å². The van der Waals surface area contributed by atoms with Crippen molar-refractivity contribution in [3.8, 4) is 28.0 Å². The number of ether oxygens (including phenoxy) is 1. The van der Waals surface area contributed by atoms with Crippen molar-refractivity contribution >= 4 is 11.6 Å². The number of rotatable bonds is 8. The van der Waals surface area contributed by atoms with Crippen molar-refractivity contribution in [2.24, 2.45) is 5.92 Å². The van der Waals surface area contributed by atoms with Gasteiger partial charge in [0.2, 0.25) is 0 Å². The first kappa shape index (κ1) is 23.5. The van der Waals surface area contributed by atoms with Gasteiger partial charge in [0, 0.05) is 28.5 Å². The van der Waals surface area contributed by atoms with Crippen LogP contribution < -0.4 is 4.74 Å². The number of nitrogens with zero attached hydrogens (tertiary/aromatic N) is 3. The quantitative estimate of drug-likeness (QED) is 0.255. The van der Waals surface area contributed by atoms with Gasteiger partial charge in [0.15, 0.2) is 0 Å². The maximum absolute atomic E-state index is 6.31. The Kier molecular flexibility index (Phi) is 6.83. The van der Waals surface area contributed by atoms with E-state index in [4.69, 9.17) is 16.3 Å². The Morgan fingerprint density at radius 1 is 0.886 bits per heavy atom. The fourth-order valence-corrected chi connectivity index (χ4v) is 4.90. The third kappa shape index (κ3) is 5.38. The zero-order valence-corrected chi connectivity index (χ0v) is 21.1. The van der Waals surface area contributed by atoms with Gasteiger partial charge in [0.05, 0.1) is 11.4 Å². The first-order chi connectivity index (χ1) is 17.0. The molecule has 4 aromatic rings. The van der Waals surface area contributed by atoms with Gasteiger partial charge in [-0.3, -0.25) is 4.98 Å². The molecule has 35 heavy (non-hydrogen) atoms. The summed E-state index contributed by atoms with van der Waals surface area (Å²) in [5.74, 6) is 2.15. The van der Waals surface area contributed by atoms with Crippen molar-refractivity contribution in [3.63, 3.8) is 0 Å². The highest BCUT2D eigenvalue weighted by atomic mass is 35.5. The highest BCUT2D eigenvalue weighted by Gasteiger charge is 2.40. The second-order valence-electron chi connectivity index (χ2n) is 9.73. The average molecular weight is 484 g/mol. The van der Waals surface area contributed by atoms with E-state index in [1.807, 2.05) is 42.7 Å². The Morgan fingerprint density at radius 2 is 1.60 bits per heavy atom. The molecule has 0 saturated heterocycles. The van der Waals surface area contributed by atoms with Crippen molar-refractivity contribution < 1.29 is 4.74 Å². The summed E-state index contributed by atoms with van der Waals surface area (Å²) >= 11 is 6.07. The van der Waals surface area contributed by atoms with E-state index in [2.05, 4.69) is 66.1 Å². The molecule has 3 unspecified atom stereocenters. The van der Waals surface area contributed by atoms with E-state index < -0.39 is 0 Å². The number of halogens is 1. The number of aromatic nitrogens is 3. The number of pyridine rings is 1. The Bertz CT molecular complexity index is 1290. The van der Waals surface area contributed by atoms with Crippen molar-refractivity contribution in [2.75, 3.05) is 0 Å². The minimum absolute atomic E-state index is 0.258. The minimum atomic E-state index is 0.258. The van der Waals surface area contributed by atoms with Crippen LogP contribution in [-0.4, -0.2) is 21.1 Å². The Balaban J connectivity index is 1.22. The maximum atomic E-state index is 6.31. The highest BCUT2D eigenvalue weighted by Crippen LogP contribution is 2.43. The normalized spacial score (nSPS) is 17.9. The first-order valence-corrected chi connectivity index (χ1v) is 12.6. The summed E-state index contributed by atoms with van der Waals surface area (Å²) in [5, 5.41) is 0.729. The topological polar surface area (TPSA) is 47.9 Å². The van der Waals surface area contributed by atoms with Crippen LogP contribution in [0.3, 0.4) is 0 Å². The Morgan fingerprint density at radius 3 is 2.34 bits per heavy atom. The van der Waals surface area contributed by atoms with E-state index in [9.17, 15) is 0 Å². The molecular weight excluding hydrogens is 454 g/mol. The van der Waals surface area contributed by atoms with Crippen molar-refractivity contribution in [3.05, 3.63) is 95.8 Å². The summed E-state index contributed by atoms with van der Waals surface area (Å²) in [4.78, 5) is 13.5. The molecule has 0 amide bonds. The largest absolute Gasteiger partial charge is 0.490 e. The smallest absolute Gasteiger partial charge is 0.119 e. The highest BCUT2D eigenvalue weighted by molar-refractivity contribution is 6.30. The van der Waals surface area contributed by atoms with Crippen LogP contribution in [0.1, 0.15) is 56.8 Å². The zero-order chi connectivity index (χ0) is 24.4. The van der Waals surface area contributed by atoms with E-state index >= 15 is 0 Å². The van der Waals surface area contributed by atoms with Crippen LogP contribution >= 0.6 is 11.6 Å². The number of hydrogen-bond acceptors (Lipinski definition) is 4. The van der Waals surface area contributed by atoms with Crippen LogP contribution in [0.2, 0.25) is 5.02 Å². The predicted molar refractivity (Wildman–Crippen MR) is 142 cm³/mol. The third-order valence-corrected chi connectivity index (χ3v) is 6.97. The summed E-state index contributed by atoms with van der Waals surface area (Å²) in [6.45, 7) is 6.60. The SMILES string of the molecule is CC(C)c1ncccc1-c1ccc(OC2CC2CC(C)c2ncncc2-c2ccc(Cl)cc2)cc1. The molecule has 3 atom stereocenters. The predicted octanol–water partition coefficient (Wildman–Crippen LogP) is 7.94. The molecule has 0 bridgehead atoms. The third-order valence-electron chi connectivity index (χ3n) is 6.72. The minimum Gasteiger partial charge on any atom is -0.490 e. The molecule has 178 valence electrons. The summed E-state index contributed by atoms with van der Waals surface area (Å²) < 4.78 is 6.31. The molecule has 0 aliphatic heterocycles. The van der Waals surface area contributed by atoms with Gasteiger partial charge in [0.25, 0.3) is 0 Å². The molecule has 5 rings (SSSR count). The van der Waals surface area contributed by atoms with Gasteiger partial charge in [-0.1, -0.05) is 62.7 Å². The van der Waals surface area contributed by atoms with Gasteiger partial charge in [-0.2, -0.15) is 0 Å². The van der Waals surface area contributed by atoms with Crippen molar-refractivity contribution in [2.45, 2.75) is 51.6 Å². The maximum Gasteiger partial charge on any atom is 0.119 e. The molecular formula is C30H30ClN3O. The Hall–Kier alpha value is -3.24. The molecule has 1 aliphatic carbocycles. The van der Waals surface area contributed by atoms with Crippen LogP contribution in [-0.2, 0) is 0 Å². The van der Waals surface area contributed by atoms with Crippen molar-refractivity contribution in [1.29, 1.82) is 0 Å². The fraction of sp³-hybridized carbons (Fsp3) is 0.300. The molecule has 0 radical (unpaired) electrons. The van der Waals surface area contributed by atoms with E-state index in [0.29, 0.717) is 17.8 Å². The molecule has 0 spiro atoms. The first-order valence-electron chi connectivity index (χ1n) is 12.3. The van der Waals surface area contributed by atoms with E-state index in [-0.39, 0.29) is 6.10 Å². The summed E-state index contributed by atoms with van der Waals surface area (Å²) in [6.07, 6.45) is 7.78. The molecule has 4 nitrogen and oxygen atoms in total. The molecule has 5 heteroatoms. The van der Waals surface area contributed by atoms with Gasteiger partial charge in [-0.15, -0.1) is 0 Å². The monoisotopic (exact) mass is 483 g/mol. The van der Waals surface area contributed by atoms with Crippen LogP contribution in [0.25, 0.3) is 22.3 Å². The fourth-order valence-electron chi connectivity index (χ4n) is 4.77. The molecule has 1 saturated carbocycles. The summed E-state index contributed by atoms with van der Waals surface area (Å²) in [6, 6.07) is 20.4. The molecule has 1 fully saturated rings. The van der Waals surface area contributed by atoms with Crippen LogP contribution in [0.5, 0.6) is 5.75 Å². The molecule has 2 aromatic carbocycles. The van der Waals surface area contributed by atoms with E-state index in [1.165, 1.54) is 11.1 Å². The zero-order valence-electron chi connectivity index (χ0n) is 20.4. The lowest BCUT2D eigenvalue weighted by Gasteiger charge is -2.15. The standard InChI is InChI=1S/C30H30ClN3O/c1-19(2)29-26(5-4-14-33-29)21-8-12-25(13-9-21)35-28-16-23(28)15-20(3)30-27(17-32-18-34-30)22-6-10-24(31)11-7-22/h4-14,17-20,23,28H,15-16H2,1-3H3. The lowest BCUT2D eigenvalue weighted by Crippen LogP contribution is -2.06.